The van der Waals surface area contributed by atoms with Gasteiger partial charge in [0, 0.05) is 24.7 Å². The van der Waals surface area contributed by atoms with E-state index in [0.29, 0.717) is 30.3 Å². The molecule has 1 aliphatic rings. The molecule has 0 atom stereocenters. The minimum atomic E-state index is -0.253. The van der Waals surface area contributed by atoms with Crippen molar-refractivity contribution in [1.82, 2.24) is 5.32 Å². The second kappa shape index (κ2) is 9.18. The highest BCUT2D eigenvalue weighted by Crippen LogP contribution is 2.28. The Hall–Kier alpha value is -2.04. The van der Waals surface area contributed by atoms with E-state index in [1.54, 1.807) is 24.3 Å². The number of nitrogens with one attached hydrogen (secondary N) is 2. The first-order valence-corrected chi connectivity index (χ1v) is 8.53. The lowest BCUT2D eigenvalue weighted by atomic mass is 10.0. The summed E-state index contributed by atoms with van der Waals surface area (Å²) in [5.41, 5.74) is 0.611. The number of hydrogen-bond acceptors (Lipinski definition) is 3. The van der Waals surface area contributed by atoms with E-state index in [4.69, 9.17) is 4.74 Å². The van der Waals surface area contributed by atoms with Gasteiger partial charge in [0.15, 0.2) is 0 Å². The van der Waals surface area contributed by atoms with Crippen molar-refractivity contribution in [3.05, 3.63) is 24.3 Å². The second-order valence-electron chi connectivity index (χ2n) is 6.07. The molecule has 0 unspecified atom stereocenters. The van der Waals surface area contributed by atoms with E-state index in [1.165, 1.54) is 25.7 Å². The predicted molar refractivity (Wildman–Crippen MR) is 90.6 cm³/mol. The molecule has 0 radical (unpaired) electrons. The van der Waals surface area contributed by atoms with Gasteiger partial charge in [0.1, 0.15) is 5.75 Å². The Labute approximate surface area is 137 Å². The van der Waals surface area contributed by atoms with Crippen LogP contribution in [0.5, 0.6) is 5.75 Å². The molecular weight excluding hydrogens is 292 g/mol. The van der Waals surface area contributed by atoms with Crippen molar-refractivity contribution in [2.24, 2.45) is 5.92 Å². The van der Waals surface area contributed by atoms with Gasteiger partial charge in [0.05, 0.1) is 0 Å². The summed E-state index contributed by atoms with van der Waals surface area (Å²) in [5.74, 6) is 0.942. The van der Waals surface area contributed by atoms with Gasteiger partial charge in [0.2, 0.25) is 0 Å². The Balaban J connectivity index is 1.79. The van der Waals surface area contributed by atoms with Gasteiger partial charge in [-0.1, -0.05) is 38.7 Å². The van der Waals surface area contributed by atoms with Crippen molar-refractivity contribution in [3.63, 3.8) is 0 Å². The lowest BCUT2D eigenvalue weighted by Gasteiger charge is -2.10. The van der Waals surface area contributed by atoms with Crippen LogP contribution in [-0.4, -0.2) is 18.5 Å². The third kappa shape index (κ3) is 6.30. The zero-order chi connectivity index (χ0) is 16.5. The van der Waals surface area contributed by atoms with Crippen molar-refractivity contribution in [2.45, 2.75) is 51.9 Å². The Morgan fingerprint density at radius 1 is 1.26 bits per heavy atom. The number of carbonyl (C=O) groups is 2. The lowest BCUT2D eigenvalue weighted by molar-refractivity contribution is -0.134. The van der Waals surface area contributed by atoms with Crippen molar-refractivity contribution in [1.29, 1.82) is 0 Å². The fourth-order valence-electron chi connectivity index (χ4n) is 2.85. The monoisotopic (exact) mass is 318 g/mol. The molecule has 5 nitrogen and oxygen atoms in total. The molecule has 1 aliphatic carbocycles. The van der Waals surface area contributed by atoms with Crippen LogP contribution in [0, 0.1) is 5.92 Å². The van der Waals surface area contributed by atoms with Crippen molar-refractivity contribution < 1.29 is 14.3 Å². The molecule has 0 saturated heterocycles. The maximum atomic E-state index is 11.9. The zero-order valence-electron chi connectivity index (χ0n) is 13.8. The molecule has 2 rings (SSSR count). The normalized spacial score (nSPS) is 14.5. The van der Waals surface area contributed by atoms with E-state index >= 15 is 0 Å². The quantitative estimate of drug-likeness (QED) is 0.587. The molecule has 1 fully saturated rings. The molecule has 5 heteroatoms. The Morgan fingerprint density at radius 3 is 2.78 bits per heavy atom. The Bertz CT molecular complexity index is 525. The highest BCUT2D eigenvalue weighted by molar-refractivity contribution is 5.89. The average molecular weight is 318 g/mol. The Morgan fingerprint density at radius 2 is 2.04 bits per heavy atom. The number of anilines is 1. The minimum absolute atomic E-state index is 0.204. The van der Waals surface area contributed by atoms with E-state index in [0.717, 1.165) is 12.8 Å². The van der Waals surface area contributed by atoms with E-state index in [2.05, 4.69) is 10.6 Å². The number of benzene rings is 1. The van der Waals surface area contributed by atoms with Crippen LogP contribution in [0.3, 0.4) is 0 Å². The van der Waals surface area contributed by atoms with Crippen LogP contribution < -0.4 is 15.4 Å². The van der Waals surface area contributed by atoms with E-state index < -0.39 is 0 Å². The van der Waals surface area contributed by atoms with Gasteiger partial charge in [-0.3, -0.25) is 4.79 Å². The highest BCUT2D eigenvalue weighted by Gasteiger charge is 2.17. The standard InChI is InChI=1S/C18H26N2O3/c1-2-12-19-18(22)20-15-8-5-9-16(13-15)23-17(21)11-10-14-6-3-4-7-14/h5,8-9,13-14H,2-4,6-7,10-12H2,1H3,(H2,19,20,22). The maximum Gasteiger partial charge on any atom is 0.319 e. The van der Waals surface area contributed by atoms with Crippen LogP contribution in [0.15, 0.2) is 24.3 Å². The van der Waals surface area contributed by atoms with Crippen LogP contribution in [0.1, 0.15) is 51.9 Å². The maximum absolute atomic E-state index is 11.9. The van der Waals surface area contributed by atoms with Gasteiger partial charge >= 0.3 is 12.0 Å². The topological polar surface area (TPSA) is 67.4 Å². The number of ether oxygens (including phenoxy) is 1. The number of esters is 1. The summed E-state index contributed by atoms with van der Waals surface area (Å²) in [6, 6.07) is 6.66. The predicted octanol–water partition coefficient (Wildman–Crippen LogP) is 4.09. The average Bonchev–Trinajstić information content (AvgIpc) is 3.05. The first-order valence-electron chi connectivity index (χ1n) is 8.53. The smallest absolute Gasteiger partial charge is 0.319 e. The number of rotatable bonds is 7. The molecule has 2 amide bonds. The molecule has 0 aliphatic heterocycles. The molecule has 23 heavy (non-hydrogen) atoms. The number of hydrogen-bond donors (Lipinski definition) is 2. The van der Waals surface area contributed by atoms with Crippen LogP contribution >= 0.6 is 0 Å². The largest absolute Gasteiger partial charge is 0.426 e. The third-order valence-electron chi connectivity index (χ3n) is 4.09. The molecule has 126 valence electrons. The van der Waals surface area contributed by atoms with Gasteiger partial charge in [-0.2, -0.15) is 0 Å². The van der Waals surface area contributed by atoms with Crippen LogP contribution in [0.2, 0.25) is 0 Å². The fourth-order valence-corrected chi connectivity index (χ4v) is 2.85. The zero-order valence-corrected chi connectivity index (χ0v) is 13.8. The molecule has 1 saturated carbocycles. The summed E-state index contributed by atoms with van der Waals surface area (Å²) >= 11 is 0. The van der Waals surface area contributed by atoms with Gasteiger partial charge in [0.25, 0.3) is 0 Å². The summed E-state index contributed by atoms with van der Waals surface area (Å²) in [7, 11) is 0. The molecule has 0 heterocycles. The van der Waals surface area contributed by atoms with Crippen molar-refractivity contribution in [3.8, 4) is 5.75 Å². The van der Waals surface area contributed by atoms with Crippen LogP contribution in [-0.2, 0) is 4.79 Å². The Kier molecular flexibility index (Phi) is 6.91. The van der Waals surface area contributed by atoms with E-state index in [-0.39, 0.29) is 12.0 Å². The molecule has 0 bridgehead atoms. The van der Waals surface area contributed by atoms with E-state index in [9.17, 15) is 9.59 Å². The van der Waals surface area contributed by atoms with Crippen molar-refractivity contribution >= 4 is 17.7 Å². The molecule has 2 N–H and O–H groups in total. The third-order valence-corrected chi connectivity index (χ3v) is 4.09. The number of carbonyl (C=O) groups excluding carboxylic acids is 2. The summed E-state index contributed by atoms with van der Waals surface area (Å²) in [4.78, 5) is 23.5. The van der Waals surface area contributed by atoms with Gasteiger partial charge < -0.3 is 15.4 Å². The molecule has 1 aromatic rings. The minimum Gasteiger partial charge on any atom is -0.426 e. The van der Waals surface area contributed by atoms with Gasteiger partial charge in [-0.15, -0.1) is 0 Å². The van der Waals surface area contributed by atoms with Gasteiger partial charge in [-0.25, -0.2) is 4.79 Å². The van der Waals surface area contributed by atoms with Gasteiger partial charge in [-0.05, 0) is 30.9 Å². The fraction of sp³-hybridized carbons (Fsp3) is 0.556. The summed E-state index contributed by atoms with van der Waals surface area (Å²) in [6.07, 6.45) is 7.29. The molecular formula is C18H26N2O3. The van der Waals surface area contributed by atoms with E-state index in [1.807, 2.05) is 6.92 Å². The van der Waals surface area contributed by atoms with Crippen LogP contribution in [0.4, 0.5) is 10.5 Å². The first kappa shape index (κ1) is 17.3. The molecule has 1 aromatic carbocycles. The molecule has 0 aromatic heterocycles. The SMILES string of the molecule is CCCNC(=O)Nc1cccc(OC(=O)CCC2CCCC2)c1. The summed E-state index contributed by atoms with van der Waals surface area (Å²) in [6.45, 7) is 2.62. The number of urea groups is 1. The first-order chi connectivity index (χ1) is 11.2. The van der Waals surface area contributed by atoms with Crippen molar-refractivity contribution in [2.75, 3.05) is 11.9 Å². The summed E-state index contributed by atoms with van der Waals surface area (Å²) < 4.78 is 5.37. The number of amides is 2. The lowest BCUT2D eigenvalue weighted by Crippen LogP contribution is -2.29. The molecule has 0 spiro atoms. The second-order valence-corrected chi connectivity index (χ2v) is 6.07. The highest BCUT2D eigenvalue weighted by atomic mass is 16.5. The van der Waals surface area contributed by atoms with Crippen LogP contribution in [0.25, 0.3) is 0 Å². The summed E-state index contributed by atoms with van der Waals surface area (Å²) in [5, 5.41) is 5.46.